The Hall–Kier alpha value is -1.39. The van der Waals surface area contributed by atoms with Crippen molar-refractivity contribution in [2.24, 2.45) is 0 Å². The minimum Gasteiger partial charge on any atom is -0.282 e. The van der Waals surface area contributed by atoms with Crippen LogP contribution in [0.4, 0.5) is 39.5 Å². The third kappa shape index (κ3) is 4.83. The maximum atomic E-state index is 13.4. The molecule has 1 aromatic rings. The summed E-state index contributed by atoms with van der Waals surface area (Å²) >= 11 is 0.188. The van der Waals surface area contributed by atoms with Gasteiger partial charge in [-0.05, 0) is 0 Å². The van der Waals surface area contributed by atoms with Crippen LogP contribution in [-0.2, 0) is 0 Å². The van der Waals surface area contributed by atoms with E-state index in [0.717, 1.165) is 0 Å². The predicted octanol–water partition coefficient (Wildman–Crippen LogP) is 5.46. The first-order valence-electron chi connectivity index (χ1n) is 6.62. The quantitative estimate of drug-likeness (QED) is 0.541. The van der Waals surface area contributed by atoms with E-state index in [0.29, 0.717) is 0 Å². The lowest BCUT2D eigenvalue weighted by molar-refractivity contribution is -0.296. The van der Waals surface area contributed by atoms with Crippen LogP contribution < -0.4 is 0 Å². The van der Waals surface area contributed by atoms with Gasteiger partial charge in [-0.15, -0.1) is 0 Å². The van der Waals surface area contributed by atoms with Crippen molar-refractivity contribution in [1.29, 1.82) is 0 Å². The van der Waals surface area contributed by atoms with Gasteiger partial charge in [-0.2, -0.15) is 26.3 Å². The number of benzene rings is 1. The first-order chi connectivity index (χ1) is 11.3. The maximum absolute atomic E-state index is 13.4. The van der Waals surface area contributed by atoms with E-state index in [1.807, 2.05) is 0 Å². The summed E-state index contributed by atoms with van der Waals surface area (Å²) in [7, 11) is 0. The van der Waals surface area contributed by atoms with Crippen LogP contribution in [0.15, 0.2) is 30.3 Å². The number of carbonyl (C=O) groups is 1. The normalized spacial score (nSPS) is 14.6. The molecule has 0 radical (unpaired) electrons. The highest BCUT2D eigenvalue weighted by Crippen LogP contribution is 2.47. The SMILES string of the molecule is O=C(SCCC(F)(F)C(F)(F)C(F)C(F)(F)C(F)F)c1ccccc1. The third-order valence-electron chi connectivity index (χ3n) is 3.09. The molecule has 1 nitrogen and oxygen atoms in total. The second kappa shape index (κ2) is 7.88. The lowest BCUT2D eigenvalue weighted by atomic mass is 10.00. The molecular formula is C14H11F9OS. The second-order valence-corrected chi connectivity index (χ2v) is 5.98. The highest BCUT2D eigenvalue weighted by atomic mass is 32.2. The van der Waals surface area contributed by atoms with Crippen molar-refractivity contribution in [1.82, 2.24) is 0 Å². The van der Waals surface area contributed by atoms with Gasteiger partial charge in [-0.25, -0.2) is 13.2 Å². The molecule has 0 aliphatic carbocycles. The van der Waals surface area contributed by atoms with Crippen LogP contribution in [0.1, 0.15) is 16.8 Å². The molecule has 0 fully saturated rings. The Balaban J connectivity index is 2.74. The molecule has 0 aromatic heterocycles. The standard InChI is InChI=1S/C14H11F9OS/c15-10(13(20,21)11(16)17)14(22,23)12(18,19)6-7-25-9(24)8-4-2-1-3-5-8/h1-5,10-11H,6-7H2. The molecule has 0 aliphatic rings. The molecule has 0 heterocycles. The zero-order valence-electron chi connectivity index (χ0n) is 12.2. The summed E-state index contributed by atoms with van der Waals surface area (Å²) in [6.07, 6.45) is -11.8. The first kappa shape index (κ1) is 21.7. The summed E-state index contributed by atoms with van der Waals surface area (Å²) in [6, 6.07) is 7.11. The summed E-state index contributed by atoms with van der Waals surface area (Å²) in [6.45, 7) is 0. The summed E-state index contributed by atoms with van der Waals surface area (Å²) in [5.41, 5.74) is 0.0789. The van der Waals surface area contributed by atoms with Gasteiger partial charge >= 0.3 is 24.2 Å². The zero-order chi connectivity index (χ0) is 19.5. The van der Waals surface area contributed by atoms with Crippen molar-refractivity contribution in [3.05, 3.63) is 35.9 Å². The van der Waals surface area contributed by atoms with E-state index in [4.69, 9.17) is 0 Å². The van der Waals surface area contributed by atoms with E-state index < -0.39 is 47.7 Å². The van der Waals surface area contributed by atoms with Gasteiger partial charge in [0.15, 0.2) is 0 Å². The number of thioether (sulfide) groups is 1. The number of carbonyl (C=O) groups excluding carboxylic acids is 1. The Morgan fingerprint density at radius 2 is 1.48 bits per heavy atom. The van der Waals surface area contributed by atoms with E-state index in [1.165, 1.54) is 24.3 Å². The largest absolute Gasteiger partial charge is 0.346 e. The summed E-state index contributed by atoms with van der Waals surface area (Å²) in [5, 5.41) is -0.755. The topological polar surface area (TPSA) is 17.1 Å². The minimum atomic E-state index is -6.04. The molecule has 0 spiro atoms. The molecule has 142 valence electrons. The molecular weight excluding hydrogens is 387 g/mol. The van der Waals surface area contributed by atoms with E-state index >= 15 is 0 Å². The Bertz CT molecular complexity index is 577. The molecule has 1 aromatic carbocycles. The Morgan fingerprint density at radius 3 is 1.96 bits per heavy atom. The highest BCUT2D eigenvalue weighted by molar-refractivity contribution is 8.14. The Kier molecular flexibility index (Phi) is 6.82. The summed E-state index contributed by atoms with van der Waals surface area (Å²) < 4.78 is 115. The van der Waals surface area contributed by atoms with E-state index in [1.54, 1.807) is 6.07 Å². The number of alkyl halides is 9. The fourth-order valence-electron chi connectivity index (χ4n) is 1.63. The lowest BCUT2D eigenvalue weighted by Crippen LogP contribution is -2.57. The smallest absolute Gasteiger partial charge is 0.282 e. The van der Waals surface area contributed by atoms with Gasteiger partial charge in [0, 0.05) is 17.7 Å². The number of rotatable bonds is 8. The van der Waals surface area contributed by atoms with Crippen LogP contribution in [0, 0.1) is 0 Å². The van der Waals surface area contributed by atoms with Gasteiger partial charge in [-0.3, -0.25) is 4.79 Å². The van der Waals surface area contributed by atoms with Crippen molar-refractivity contribution in [3.8, 4) is 0 Å². The van der Waals surface area contributed by atoms with Crippen LogP contribution in [0.5, 0.6) is 0 Å². The van der Waals surface area contributed by atoms with Crippen molar-refractivity contribution in [2.45, 2.75) is 36.8 Å². The van der Waals surface area contributed by atoms with Crippen LogP contribution >= 0.6 is 11.8 Å². The fraction of sp³-hybridized carbons (Fsp3) is 0.500. The van der Waals surface area contributed by atoms with Crippen molar-refractivity contribution >= 4 is 16.9 Å². The van der Waals surface area contributed by atoms with Crippen molar-refractivity contribution < 1.29 is 44.3 Å². The zero-order valence-corrected chi connectivity index (χ0v) is 13.0. The molecule has 1 rings (SSSR count). The average molecular weight is 398 g/mol. The Morgan fingerprint density at radius 1 is 0.960 bits per heavy atom. The van der Waals surface area contributed by atoms with Crippen LogP contribution in [0.2, 0.25) is 0 Å². The van der Waals surface area contributed by atoms with Gasteiger partial charge in [0.2, 0.25) is 11.3 Å². The summed E-state index contributed by atoms with van der Waals surface area (Å²) in [5.74, 6) is -18.3. The predicted molar refractivity (Wildman–Crippen MR) is 73.6 cm³/mol. The molecule has 0 bridgehead atoms. The Labute approximate surface area is 140 Å². The molecule has 11 heteroatoms. The van der Waals surface area contributed by atoms with Crippen molar-refractivity contribution in [2.75, 3.05) is 5.75 Å². The van der Waals surface area contributed by atoms with Gasteiger partial charge in [-0.1, -0.05) is 42.1 Å². The second-order valence-electron chi connectivity index (χ2n) is 4.92. The van der Waals surface area contributed by atoms with E-state index in [2.05, 4.69) is 0 Å². The molecule has 1 atom stereocenters. The molecule has 0 saturated carbocycles. The molecule has 0 N–H and O–H groups in total. The molecule has 25 heavy (non-hydrogen) atoms. The van der Waals surface area contributed by atoms with Gasteiger partial charge in [0.05, 0.1) is 0 Å². The lowest BCUT2D eigenvalue weighted by Gasteiger charge is -2.32. The van der Waals surface area contributed by atoms with Crippen LogP contribution in [0.25, 0.3) is 0 Å². The monoisotopic (exact) mass is 398 g/mol. The number of halogens is 9. The fourth-order valence-corrected chi connectivity index (χ4v) is 2.48. The van der Waals surface area contributed by atoms with Crippen LogP contribution in [0.3, 0.4) is 0 Å². The molecule has 0 saturated heterocycles. The average Bonchev–Trinajstić information content (AvgIpc) is 2.54. The molecule has 0 amide bonds. The van der Waals surface area contributed by atoms with Gasteiger partial charge < -0.3 is 0 Å². The van der Waals surface area contributed by atoms with Crippen molar-refractivity contribution in [3.63, 3.8) is 0 Å². The summed E-state index contributed by atoms with van der Waals surface area (Å²) in [4.78, 5) is 11.6. The third-order valence-corrected chi connectivity index (χ3v) is 4.00. The molecule has 1 unspecified atom stereocenters. The first-order valence-corrected chi connectivity index (χ1v) is 7.60. The van der Waals surface area contributed by atoms with E-state index in [-0.39, 0.29) is 17.3 Å². The number of hydrogen-bond acceptors (Lipinski definition) is 2. The van der Waals surface area contributed by atoms with Crippen LogP contribution in [-0.4, -0.2) is 41.2 Å². The number of hydrogen-bond donors (Lipinski definition) is 0. The van der Waals surface area contributed by atoms with E-state index in [9.17, 15) is 44.3 Å². The molecule has 0 aliphatic heterocycles. The highest BCUT2D eigenvalue weighted by Gasteiger charge is 2.70. The maximum Gasteiger partial charge on any atom is 0.346 e. The van der Waals surface area contributed by atoms with Gasteiger partial charge in [0.25, 0.3) is 0 Å². The minimum absolute atomic E-state index is 0.0789. The van der Waals surface area contributed by atoms with Gasteiger partial charge in [0.1, 0.15) is 0 Å².